The van der Waals surface area contributed by atoms with Crippen LogP contribution < -0.4 is 13.3 Å². The summed E-state index contributed by atoms with van der Waals surface area (Å²) in [5.41, 5.74) is -1.43. The molecule has 0 radical (unpaired) electrons. The SMILES string of the molecule is CC(CO)(CO)C(=O)O.CC1(C)CC(N=O)CC(C)(CN=O)C1.I.II.I[I-]I.OCCOCCOCCO. The molecule has 0 aromatic heterocycles. The molecule has 240 valence electrons. The van der Waals surface area contributed by atoms with Crippen LogP contribution in [0.3, 0.4) is 0 Å². The average Bonchev–Trinajstić information content (AvgIpc) is 2.86. The predicted octanol–water partition coefficient (Wildman–Crippen LogP) is 2.34. The van der Waals surface area contributed by atoms with E-state index < -0.39 is 24.6 Å². The van der Waals surface area contributed by atoms with Gasteiger partial charge in [-0.25, -0.2) is 0 Å². The number of aliphatic hydroxyl groups excluding tert-OH is 4. The first-order chi connectivity index (χ1) is 17.8. The average molecular weight is 1250 g/mol. The molecule has 1 aliphatic carbocycles. The number of nitrogens with zero attached hydrogens (tertiary/aromatic N) is 2. The zero-order valence-electron chi connectivity index (χ0n) is 22.5. The standard InChI is InChI=1S/C10H18N2O2.C6H14O4.C5H10O4.I3.I2.HI/c1-9(2)4-8(12-14)5-10(3,6-9)7-11-13;7-1-3-9-5-6-10-4-2-8;1-5(2-6,3-7)4(8)9;1-3-2;1-2;/h8H,4-7H2,1-3H3;7-8H,1-6H2;6-7H,2-3H2,1H3,(H,8,9);;;1H/q;;;-1;;. The molecular weight excluding hydrogens is 1200 g/mol. The maximum absolute atomic E-state index is 10.6. The quantitative estimate of drug-likeness (QED) is 0.104. The number of carboxylic acids is 1. The second-order valence-corrected chi connectivity index (χ2v) is 25.8. The van der Waals surface area contributed by atoms with Crippen molar-refractivity contribution in [3.63, 3.8) is 0 Å². The van der Waals surface area contributed by atoms with Gasteiger partial charge in [-0.15, -0.1) is 24.0 Å². The fraction of sp³-hybridized carbons (Fsp3) is 0.952. The minimum atomic E-state index is -1.39. The van der Waals surface area contributed by atoms with E-state index in [1.807, 2.05) is 6.92 Å². The van der Waals surface area contributed by atoms with Gasteiger partial charge < -0.3 is 35.0 Å². The van der Waals surface area contributed by atoms with Gasteiger partial charge >= 0.3 is 56.5 Å². The van der Waals surface area contributed by atoms with Crippen molar-refractivity contribution in [1.82, 2.24) is 0 Å². The molecule has 1 aliphatic rings. The first-order valence-electron chi connectivity index (χ1n) is 11.3. The van der Waals surface area contributed by atoms with Crippen molar-refractivity contribution in [2.45, 2.75) is 53.0 Å². The Morgan fingerprint density at radius 3 is 1.62 bits per heavy atom. The molecule has 1 saturated carbocycles. The van der Waals surface area contributed by atoms with Crippen LogP contribution in [0.1, 0.15) is 47.0 Å². The Hall–Kier alpha value is 2.81. The van der Waals surface area contributed by atoms with Crippen LogP contribution in [0, 0.1) is 26.1 Å². The van der Waals surface area contributed by atoms with Crippen LogP contribution in [-0.4, -0.2) is 96.9 Å². The van der Waals surface area contributed by atoms with E-state index in [9.17, 15) is 14.6 Å². The summed E-state index contributed by atoms with van der Waals surface area (Å²) in [5, 5.41) is 47.8. The smallest absolute Gasteiger partial charge is 0.0701 e. The molecule has 39 heavy (non-hydrogen) atoms. The van der Waals surface area contributed by atoms with Crippen molar-refractivity contribution in [3.8, 4) is 0 Å². The summed E-state index contributed by atoms with van der Waals surface area (Å²) >= 11 is 9.54. The molecule has 12 nitrogen and oxygen atoms in total. The maximum Gasteiger partial charge on any atom is 0.0701 e. The molecule has 0 heterocycles. The molecule has 2 unspecified atom stereocenters. The topological polar surface area (TPSA) is 196 Å². The van der Waals surface area contributed by atoms with Crippen molar-refractivity contribution in [2.24, 2.45) is 26.6 Å². The Kier molecular flexibility index (Phi) is 44.4. The third-order valence-corrected chi connectivity index (χ3v) is 5.07. The molecule has 0 spiro atoms. The Balaban J connectivity index is -0.000000138. The van der Waals surface area contributed by atoms with Gasteiger partial charge in [0.05, 0.1) is 65.4 Å². The van der Waals surface area contributed by atoms with E-state index in [1.165, 1.54) is 6.92 Å². The van der Waals surface area contributed by atoms with E-state index in [4.69, 9.17) is 35.0 Å². The molecule has 18 heteroatoms. The van der Waals surface area contributed by atoms with Crippen LogP contribution in [0.25, 0.3) is 0 Å². The largest absolute Gasteiger partial charge is 0.394 e. The summed E-state index contributed by atoms with van der Waals surface area (Å²) in [6.07, 6.45) is 2.47. The van der Waals surface area contributed by atoms with Gasteiger partial charge in [0, 0.05) is 37.2 Å². The number of halogens is 6. The number of ether oxygens (including phenoxy) is 2. The number of aliphatic hydroxyl groups is 4. The predicted molar refractivity (Wildman–Crippen MR) is 193 cm³/mol. The second-order valence-electron chi connectivity index (χ2n) is 9.51. The molecule has 0 aliphatic heterocycles. The van der Waals surface area contributed by atoms with Gasteiger partial charge in [0.2, 0.25) is 0 Å². The monoisotopic (exact) mass is 1240 g/mol. The number of nitroso groups, excluding NO2 is 2. The summed E-state index contributed by atoms with van der Waals surface area (Å²) in [7, 11) is 0. The van der Waals surface area contributed by atoms with Crippen LogP contribution in [-0.2, 0) is 14.3 Å². The first kappa shape index (κ1) is 51.4. The summed E-state index contributed by atoms with van der Waals surface area (Å²) in [6, 6.07) is -0.148. The van der Waals surface area contributed by atoms with E-state index in [0.717, 1.165) is 12.8 Å². The molecular formula is C21H43I6N2O10-. The summed E-state index contributed by atoms with van der Waals surface area (Å²) in [5.74, 6) is -1.19. The third-order valence-electron chi connectivity index (χ3n) is 5.07. The van der Waals surface area contributed by atoms with Crippen molar-refractivity contribution in [1.29, 1.82) is 0 Å². The van der Waals surface area contributed by atoms with Crippen molar-refractivity contribution < 1.29 is 53.1 Å². The van der Waals surface area contributed by atoms with Gasteiger partial charge in [0.1, 0.15) is 5.41 Å². The molecule has 2 atom stereocenters. The van der Waals surface area contributed by atoms with Gasteiger partial charge in [-0.05, 0) is 37.0 Å². The zero-order chi connectivity index (χ0) is 30.7. The van der Waals surface area contributed by atoms with Crippen molar-refractivity contribution >= 4 is 104 Å². The van der Waals surface area contributed by atoms with E-state index in [-0.39, 0.29) is 54.1 Å². The Morgan fingerprint density at radius 2 is 1.36 bits per heavy atom. The summed E-state index contributed by atoms with van der Waals surface area (Å²) in [6.45, 7) is 8.47. The number of rotatable bonds is 13. The van der Waals surface area contributed by atoms with Gasteiger partial charge in [0.15, 0.2) is 0 Å². The van der Waals surface area contributed by atoms with Crippen molar-refractivity contribution in [2.75, 3.05) is 59.4 Å². The van der Waals surface area contributed by atoms with E-state index in [0.29, 0.717) is 52.6 Å². The minimum absolute atomic E-state index is 0. The van der Waals surface area contributed by atoms with Crippen LogP contribution in [0.5, 0.6) is 0 Å². The molecule has 1 rings (SSSR count). The maximum atomic E-state index is 10.6. The first-order valence-corrected chi connectivity index (χ1v) is 30.1. The number of carboxylic acid groups (broad SMARTS) is 1. The van der Waals surface area contributed by atoms with Crippen LogP contribution >= 0.6 is 98.4 Å². The van der Waals surface area contributed by atoms with Gasteiger partial charge in [-0.1, -0.05) is 31.1 Å². The van der Waals surface area contributed by atoms with Gasteiger partial charge in [-0.2, -0.15) is 9.81 Å². The molecule has 0 bridgehead atoms. The normalized spacial score (nSPS) is 19.0. The Morgan fingerprint density at radius 1 is 0.949 bits per heavy atom. The molecule has 0 saturated heterocycles. The van der Waals surface area contributed by atoms with Crippen molar-refractivity contribution in [3.05, 3.63) is 9.81 Å². The fourth-order valence-electron chi connectivity index (χ4n) is 3.57. The summed E-state index contributed by atoms with van der Waals surface area (Å²) < 4.78 is 9.75. The van der Waals surface area contributed by atoms with E-state index in [1.54, 1.807) is 0 Å². The molecule has 1 fully saturated rings. The zero-order valence-corrected chi connectivity index (χ0v) is 35.7. The van der Waals surface area contributed by atoms with Gasteiger partial charge in [-0.3, -0.25) is 4.79 Å². The molecule has 0 aromatic carbocycles. The third kappa shape index (κ3) is 32.0. The molecule has 0 aromatic rings. The number of aliphatic carboxylic acids is 1. The number of hydrogen-bond acceptors (Lipinski definition) is 11. The van der Waals surface area contributed by atoms with E-state index in [2.05, 4.69) is 98.7 Å². The van der Waals surface area contributed by atoms with Crippen LogP contribution in [0.15, 0.2) is 10.4 Å². The van der Waals surface area contributed by atoms with Crippen LogP contribution in [0.4, 0.5) is 0 Å². The summed E-state index contributed by atoms with van der Waals surface area (Å²) in [4.78, 5) is 31.1. The minimum Gasteiger partial charge on any atom is -0.394 e. The number of carbonyl (C=O) groups is 1. The Bertz CT molecular complexity index is 573. The number of hydrogen-bond donors (Lipinski definition) is 5. The Labute approximate surface area is 301 Å². The van der Waals surface area contributed by atoms with Crippen LogP contribution in [0.2, 0.25) is 0 Å². The van der Waals surface area contributed by atoms with Gasteiger partial charge in [0.25, 0.3) is 0 Å². The molecule has 5 N–H and O–H groups in total. The second kappa shape index (κ2) is 33.7. The van der Waals surface area contributed by atoms with E-state index >= 15 is 0 Å². The molecule has 0 amide bonds. The fourth-order valence-corrected chi connectivity index (χ4v) is 3.57.